The standard InChI is InChI=1S/C13H16N2O8/c1-3-8-10(14(18)19)7-9(13(16)17)12(11(8)15(20)21)23-6-5-22-4-2/h7H,3-6H2,1-2H3,(H,16,17). The molecule has 1 aromatic carbocycles. The Morgan fingerprint density at radius 1 is 1.22 bits per heavy atom. The summed E-state index contributed by atoms with van der Waals surface area (Å²) < 4.78 is 10.2. The van der Waals surface area contributed by atoms with Crippen molar-refractivity contribution in [2.45, 2.75) is 20.3 Å². The number of nitro benzene ring substituents is 2. The lowest BCUT2D eigenvalue weighted by molar-refractivity contribution is -0.396. The molecule has 1 N–H and O–H groups in total. The smallest absolute Gasteiger partial charge is 0.340 e. The third kappa shape index (κ3) is 4.13. The van der Waals surface area contributed by atoms with Crippen LogP contribution in [0, 0.1) is 20.2 Å². The maximum Gasteiger partial charge on any atom is 0.340 e. The van der Waals surface area contributed by atoms with E-state index in [1.165, 1.54) is 6.92 Å². The van der Waals surface area contributed by atoms with Crippen molar-refractivity contribution in [3.63, 3.8) is 0 Å². The molecule has 0 aliphatic rings. The molecular formula is C13H16N2O8. The second kappa shape index (κ2) is 8.03. The quantitative estimate of drug-likeness (QED) is 0.413. The van der Waals surface area contributed by atoms with Crippen LogP contribution in [0.3, 0.4) is 0 Å². The third-order valence-electron chi connectivity index (χ3n) is 2.98. The van der Waals surface area contributed by atoms with Crippen LogP contribution in [-0.4, -0.2) is 40.7 Å². The van der Waals surface area contributed by atoms with Gasteiger partial charge in [-0.15, -0.1) is 0 Å². The largest absolute Gasteiger partial charge is 0.484 e. The van der Waals surface area contributed by atoms with Gasteiger partial charge in [0.05, 0.1) is 16.5 Å². The third-order valence-corrected chi connectivity index (χ3v) is 2.98. The molecule has 0 aliphatic carbocycles. The van der Waals surface area contributed by atoms with Crippen molar-refractivity contribution in [2.75, 3.05) is 19.8 Å². The van der Waals surface area contributed by atoms with E-state index in [4.69, 9.17) is 9.47 Å². The highest BCUT2D eigenvalue weighted by atomic mass is 16.6. The van der Waals surface area contributed by atoms with Crippen LogP contribution in [0.1, 0.15) is 29.8 Å². The second-order valence-corrected chi connectivity index (χ2v) is 4.32. The van der Waals surface area contributed by atoms with Gasteiger partial charge < -0.3 is 14.6 Å². The van der Waals surface area contributed by atoms with Crippen molar-refractivity contribution in [1.29, 1.82) is 0 Å². The number of aromatic carboxylic acids is 1. The van der Waals surface area contributed by atoms with Gasteiger partial charge in [-0.05, 0) is 13.3 Å². The molecule has 0 saturated carbocycles. The van der Waals surface area contributed by atoms with Gasteiger partial charge in [0.15, 0.2) is 0 Å². The zero-order chi connectivity index (χ0) is 17.6. The number of ether oxygens (including phenoxy) is 2. The van der Waals surface area contributed by atoms with Crippen LogP contribution in [0.2, 0.25) is 0 Å². The van der Waals surface area contributed by atoms with Crippen LogP contribution in [0.15, 0.2) is 6.07 Å². The molecule has 126 valence electrons. The van der Waals surface area contributed by atoms with E-state index in [2.05, 4.69) is 0 Å². The summed E-state index contributed by atoms with van der Waals surface area (Å²) in [7, 11) is 0. The minimum atomic E-state index is -1.55. The number of benzene rings is 1. The van der Waals surface area contributed by atoms with Gasteiger partial charge in [0.1, 0.15) is 17.7 Å². The van der Waals surface area contributed by atoms with Crippen molar-refractivity contribution < 1.29 is 29.2 Å². The lowest BCUT2D eigenvalue weighted by atomic mass is 10.0. The maximum atomic E-state index is 11.3. The van der Waals surface area contributed by atoms with Gasteiger partial charge in [-0.1, -0.05) is 6.92 Å². The summed E-state index contributed by atoms with van der Waals surface area (Å²) in [6.07, 6.45) is -0.0195. The summed E-state index contributed by atoms with van der Waals surface area (Å²) in [5.74, 6) is -2.05. The molecule has 0 bridgehead atoms. The van der Waals surface area contributed by atoms with Gasteiger partial charge in [0.25, 0.3) is 5.69 Å². The Morgan fingerprint density at radius 2 is 1.87 bits per heavy atom. The summed E-state index contributed by atoms with van der Waals surface area (Å²) in [6, 6.07) is 0.782. The zero-order valence-electron chi connectivity index (χ0n) is 12.6. The fourth-order valence-corrected chi connectivity index (χ4v) is 2.03. The Hall–Kier alpha value is -2.75. The Morgan fingerprint density at radius 3 is 2.30 bits per heavy atom. The van der Waals surface area contributed by atoms with E-state index in [9.17, 15) is 30.1 Å². The summed E-state index contributed by atoms with van der Waals surface area (Å²) in [5, 5.41) is 31.6. The summed E-state index contributed by atoms with van der Waals surface area (Å²) in [4.78, 5) is 32.0. The van der Waals surface area contributed by atoms with Crippen molar-refractivity contribution in [2.24, 2.45) is 0 Å². The molecule has 1 aromatic rings. The zero-order valence-corrected chi connectivity index (χ0v) is 12.6. The molecule has 1 rings (SSSR count). The van der Waals surface area contributed by atoms with Gasteiger partial charge in [0, 0.05) is 12.7 Å². The number of carboxylic acids is 1. The van der Waals surface area contributed by atoms with Crippen LogP contribution in [0.25, 0.3) is 0 Å². The highest BCUT2D eigenvalue weighted by Crippen LogP contribution is 2.40. The van der Waals surface area contributed by atoms with Gasteiger partial charge in [-0.25, -0.2) is 4.79 Å². The normalized spacial score (nSPS) is 10.3. The first-order valence-corrected chi connectivity index (χ1v) is 6.77. The van der Waals surface area contributed by atoms with E-state index in [0.29, 0.717) is 6.61 Å². The van der Waals surface area contributed by atoms with E-state index >= 15 is 0 Å². The minimum absolute atomic E-state index is 0.0195. The molecule has 0 fully saturated rings. The van der Waals surface area contributed by atoms with Gasteiger partial charge >= 0.3 is 11.7 Å². The Balaban J connectivity index is 3.52. The Bertz CT molecular complexity index is 629. The lowest BCUT2D eigenvalue weighted by Crippen LogP contribution is -2.13. The fraction of sp³-hybridized carbons (Fsp3) is 0.462. The number of rotatable bonds is 9. The molecule has 23 heavy (non-hydrogen) atoms. The van der Waals surface area contributed by atoms with E-state index in [1.54, 1.807) is 6.92 Å². The summed E-state index contributed by atoms with van der Waals surface area (Å²) in [5.41, 5.74) is -2.13. The highest BCUT2D eigenvalue weighted by Gasteiger charge is 2.34. The second-order valence-electron chi connectivity index (χ2n) is 4.32. The molecule has 10 heteroatoms. The number of hydrogen-bond donors (Lipinski definition) is 1. The molecule has 0 atom stereocenters. The first-order valence-electron chi connectivity index (χ1n) is 6.77. The topological polar surface area (TPSA) is 142 Å². The fourth-order valence-electron chi connectivity index (χ4n) is 2.03. The molecule has 0 radical (unpaired) electrons. The maximum absolute atomic E-state index is 11.3. The molecule has 0 unspecified atom stereocenters. The number of carbonyl (C=O) groups is 1. The molecule has 0 spiro atoms. The molecule has 0 heterocycles. The van der Waals surface area contributed by atoms with Crippen molar-refractivity contribution in [3.05, 3.63) is 37.4 Å². The Labute approximate surface area is 130 Å². The van der Waals surface area contributed by atoms with Crippen LogP contribution in [0.5, 0.6) is 5.75 Å². The number of nitro groups is 2. The molecule has 0 amide bonds. The van der Waals surface area contributed by atoms with Crippen molar-refractivity contribution in [1.82, 2.24) is 0 Å². The predicted octanol–water partition coefficient (Wildman–Crippen LogP) is 2.18. The molecule has 0 aliphatic heterocycles. The molecule has 0 saturated heterocycles. The number of nitrogens with zero attached hydrogens (tertiary/aromatic N) is 2. The van der Waals surface area contributed by atoms with Gasteiger partial charge in [0.2, 0.25) is 5.75 Å². The van der Waals surface area contributed by atoms with Crippen molar-refractivity contribution in [3.8, 4) is 5.75 Å². The average Bonchev–Trinajstić information content (AvgIpc) is 2.49. The van der Waals surface area contributed by atoms with Crippen LogP contribution in [-0.2, 0) is 11.2 Å². The van der Waals surface area contributed by atoms with Crippen molar-refractivity contribution >= 4 is 17.3 Å². The van der Waals surface area contributed by atoms with E-state index in [1.807, 2.05) is 0 Å². The average molecular weight is 328 g/mol. The summed E-state index contributed by atoms with van der Waals surface area (Å²) >= 11 is 0. The highest BCUT2D eigenvalue weighted by molar-refractivity contribution is 5.94. The minimum Gasteiger partial charge on any atom is -0.484 e. The lowest BCUT2D eigenvalue weighted by Gasteiger charge is -2.12. The van der Waals surface area contributed by atoms with E-state index in [-0.39, 0.29) is 25.2 Å². The molecule has 0 aromatic heterocycles. The number of hydrogen-bond acceptors (Lipinski definition) is 7. The van der Waals surface area contributed by atoms with Crippen LogP contribution in [0.4, 0.5) is 11.4 Å². The monoisotopic (exact) mass is 328 g/mol. The SMILES string of the molecule is CCOCCOc1c(C(=O)O)cc([N+](=O)[O-])c(CC)c1[N+](=O)[O-]. The Kier molecular flexibility index (Phi) is 6.39. The molecular weight excluding hydrogens is 312 g/mol. The van der Waals surface area contributed by atoms with Gasteiger partial charge in [-0.3, -0.25) is 20.2 Å². The van der Waals surface area contributed by atoms with Crippen LogP contribution < -0.4 is 4.74 Å². The summed E-state index contributed by atoms with van der Waals surface area (Å²) in [6.45, 7) is 3.63. The van der Waals surface area contributed by atoms with E-state index < -0.39 is 38.5 Å². The number of carboxylic acid groups (broad SMARTS) is 1. The first kappa shape index (κ1) is 18.3. The van der Waals surface area contributed by atoms with E-state index in [0.717, 1.165) is 6.07 Å². The van der Waals surface area contributed by atoms with Crippen LogP contribution >= 0.6 is 0 Å². The van der Waals surface area contributed by atoms with Gasteiger partial charge in [-0.2, -0.15) is 0 Å². The predicted molar refractivity (Wildman–Crippen MR) is 78.1 cm³/mol. The first-order chi connectivity index (χ1) is 10.8. The molecule has 10 nitrogen and oxygen atoms in total.